The molecule has 2 aromatic carbocycles. The molecule has 0 bridgehead atoms. The maximum Gasteiger partial charge on any atom is 0.247 e. The van der Waals surface area contributed by atoms with Crippen LogP contribution in [0.1, 0.15) is 5.69 Å². The molecule has 0 saturated heterocycles. The second kappa shape index (κ2) is 10.6. The Kier molecular flexibility index (Phi) is 7.17. The SMILES string of the molecule is C=CC(=O)Nc1cc(F)cc(F)c1Nc1ncc2cc(-c3c(Cl)c(OC)cc(OC)c3Cl)c3nc(C)cn3c2n1. The van der Waals surface area contributed by atoms with Gasteiger partial charge in [-0.15, -0.1) is 0 Å². The van der Waals surface area contributed by atoms with Crippen molar-refractivity contribution in [3.05, 3.63) is 76.7 Å². The third-order valence-electron chi connectivity index (χ3n) is 5.97. The maximum absolute atomic E-state index is 14.8. The fourth-order valence-corrected chi connectivity index (χ4v) is 4.91. The fourth-order valence-electron chi connectivity index (χ4n) is 4.21. The van der Waals surface area contributed by atoms with E-state index in [4.69, 9.17) is 32.7 Å². The van der Waals surface area contributed by atoms with Crippen molar-refractivity contribution < 1.29 is 23.0 Å². The molecule has 40 heavy (non-hydrogen) atoms. The van der Waals surface area contributed by atoms with E-state index in [1.807, 2.05) is 0 Å². The van der Waals surface area contributed by atoms with Gasteiger partial charge in [0.25, 0.3) is 0 Å². The number of imidazole rings is 1. The van der Waals surface area contributed by atoms with Crippen molar-refractivity contribution in [3.8, 4) is 22.6 Å². The summed E-state index contributed by atoms with van der Waals surface area (Å²) in [7, 11) is 2.96. The van der Waals surface area contributed by atoms with Crippen LogP contribution in [-0.4, -0.2) is 39.5 Å². The van der Waals surface area contributed by atoms with Gasteiger partial charge in [-0.1, -0.05) is 29.8 Å². The zero-order chi connectivity index (χ0) is 28.7. The van der Waals surface area contributed by atoms with Gasteiger partial charge in [-0.3, -0.25) is 9.20 Å². The van der Waals surface area contributed by atoms with Gasteiger partial charge in [-0.05, 0) is 25.1 Å². The first kappa shape index (κ1) is 27.1. The quantitative estimate of drug-likeness (QED) is 0.205. The van der Waals surface area contributed by atoms with E-state index in [0.29, 0.717) is 51.1 Å². The summed E-state index contributed by atoms with van der Waals surface area (Å²) in [6, 6.07) is 4.99. The second-order valence-electron chi connectivity index (χ2n) is 8.52. The molecule has 0 fully saturated rings. The predicted octanol–water partition coefficient (Wildman–Crippen LogP) is 6.72. The van der Waals surface area contributed by atoms with E-state index in [1.165, 1.54) is 20.4 Å². The van der Waals surface area contributed by atoms with Gasteiger partial charge >= 0.3 is 0 Å². The van der Waals surface area contributed by atoms with Crippen LogP contribution in [0, 0.1) is 18.6 Å². The van der Waals surface area contributed by atoms with Crippen molar-refractivity contribution >= 4 is 63.1 Å². The van der Waals surface area contributed by atoms with E-state index >= 15 is 0 Å². The van der Waals surface area contributed by atoms with Crippen LogP contribution in [-0.2, 0) is 4.79 Å². The molecule has 0 aliphatic rings. The highest BCUT2D eigenvalue weighted by Gasteiger charge is 2.23. The molecule has 9 nitrogen and oxygen atoms in total. The van der Waals surface area contributed by atoms with Crippen LogP contribution in [0.15, 0.2) is 49.3 Å². The van der Waals surface area contributed by atoms with E-state index < -0.39 is 17.5 Å². The molecule has 2 N–H and O–H groups in total. The third-order valence-corrected chi connectivity index (χ3v) is 6.72. The number of pyridine rings is 1. The van der Waals surface area contributed by atoms with Gasteiger partial charge in [-0.25, -0.2) is 18.7 Å². The number of aromatic nitrogens is 4. The summed E-state index contributed by atoms with van der Waals surface area (Å²) >= 11 is 13.4. The van der Waals surface area contributed by atoms with E-state index in [9.17, 15) is 13.6 Å². The normalized spacial score (nSPS) is 11.1. The predicted molar refractivity (Wildman–Crippen MR) is 150 cm³/mol. The first-order chi connectivity index (χ1) is 19.1. The van der Waals surface area contributed by atoms with Crippen molar-refractivity contribution in [1.29, 1.82) is 0 Å². The molecule has 1 amide bonds. The summed E-state index contributed by atoms with van der Waals surface area (Å²) in [5.74, 6) is -1.80. The summed E-state index contributed by atoms with van der Waals surface area (Å²) in [5.41, 5.74) is 2.18. The molecule has 0 aliphatic carbocycles. The molecule has 3 heterocycles. The van der Waals surface area contributed by atoms with Crippen molar-refractivity contribution in [2.45, 2.75) is 6.92 Å². The molecule has 0 saturated carbocycles. The Hall–Kier alpha value is -4.48. The van der Waals surface area contributed by atoms with Gasteiger partial charge in [-0.2, -0.15) is 4.98 Å². The van der Waals surface area contributed by atoms with Gasteiger partial charge in [0.05, 0.1) is 35.6 Å². The fraction of sp³-hybridized carbons (Fsp3) is 0.111. The number of ether oxygens (including phenoxy) is 2. The van der Waals surface area contributed by atoms with Crippen molar-refractivity contribution in [2.24, 2.45) is 0 Å². The molecule has 5 aromatic rings. The highest BCUT2D eigenvalue weighted by atomic mass is 35.5. The summed E-state index contributed by atoms with van der Waals surface area (Å²) in [5, 5.41) is 6.19. The van der Waals surface area contributed by atoms with Gasteiger partial charge in [0.2, 0.25) is 11.9 Å². The van der Waals surface area contributed by atoms with Crippen LogP contribution < -0.4 is 20.1 Å². The van der Waals surface area contributed by atoms with E-state index in [2.05, 4.69) is 32.2 Å². The molecule has 0 aliphatic heterocycles. The zero-order valence-electron chi connectivity index (χ0n) is 21.3. The summed E-state index contributed by atoms with van der Waals surface area (Å²) in [4.78, 5) is 25.3. The minimum Gasteiger partial charge on any atom is -0.495 e. The molecule has 204 valence electrons. The molecule has 0 atom stereocenters. The van der Waals surface area contributed by atoms with Crippen LogP contribution in [0.2, 0.25) is 10.0 Å². The number of amides is 1. The topological polar surface area (TPSA) is 103 Å². The molecule has 0 unspecified atom stereocenters. The third kappa shape index (κ3) is 4.74. The van der Waals surface area contributed by atoms with Crippen LogP contribution in [0.25, 0.3) is 27.8 Å². The number of nitrogens with one attached hydrogen (secondary N) is 2. The lowest BCUT2D eigenvalue weighted by molar-refractivity contribution is -0.111. The number of carbonyl (C=O) groups is 1. The van der Waals surface area contributed by atoms with E-state index in [0.717, 1.165) is 12.1 Å². The minimum atomic E-state index is -0.960. The van der Waals surface area contributed by atoms with E-state index in [1.54, 1.807) is 29.7 Å². The summed E-state index contributed by atoms with van der Waals surface area (Å²) < 4.78 is 41.2. The number of nitrogens with zero attached hydrogens (tertiary/aromatic N) is 4. The van der Waals surface area contributed by atoms with Gasteiger partial charge in [0.1, 0.15) is 28.7 Å². The summed E-state index contributed by atoms with van der Waals surface area (Å²) in [6.07, 6.45) is 4.24. The number of benzene rings is 2. The zero-order valence-corrected chi connectivity index (χ0v) is 22.8. The van der Waals surface area contributed by atoms with Crippen molar-refractivity contribution in [1.82, 2.24) is 19.4 Å². The number of rotatable bonds is 7. The lowest BCUT2D eigenvalue weighted by Crippen LogP contribution is -2.11. The number of hydrogen-bond acceptors (Lipinski definition) is 7. The molecule has 3 aromatic heterocycles. The molecule has 0 radical (unpaired) electrons. The maximum atomic E-state index is 14.8. The Morgan fingerprint density at radius 2 is 1.75 bits per heavy atom. The average molecular weight is 585 g/mol. The highest BCUT2D eigenvalue weighted by molar-refractivity contribution is 6.41. The number of carbonyl (C=O) groups excluding carboxylic acids is 1. The van der Waals surface area contributed by atoms with Crippen LogP contribution in [0.5, 0.6) is 11.5 Å². The van der Waals surface area contributed by atoms with Crippen molar-refractivity contribution in [3.63, 3.8) is 0 Å². The Balaban J connectivity index is 1.69. The Bertz CT molecular complexity index is 1820. The minimum absolute atomic E-state index is 0.0216. The lowest BCUT2D eigenvalue weighted by atomic mass is 10.0. The molecule has 0 spiro atoms. The highest BCUT2D eigenvalue weighted by Crippen LogP contribution is 2.47. The molecule has 13 heteroatoms. The summed E-state index contributed by atoms with van der Waals surface area (Å²) in [6.45, 7) is 5.16. The van der Waals surface area contributed by atoms with Crippen LogP contribution in [0.3, 0.4) is 0 Å². The van der Waals surface area contributed by atoms with Crippen molar-refractivity contribution in [2.75, 3.05) is 24.9 Å². The molecular formula is C27H20Cl2F2N6O3. The van der Waals surface area contributed by atoms with Crippen LogP contribution in [0.4, 0.5) is 26.1 Å². The average Bonchev–Trinajstić information content (AvgIpc) is 3.32. The first-order valence-electron chi connectivity index (χ1n) is 11.6. The number of aryl methyl sites for hydroxylation is 1. The number of methoxy groups -OCH3 is 2. The lowest BCUT2D eigenvalue weighted by Gasteiger charge is -2.16. The second-order valence-corrected chi connectivity index (χ2v) is 9.27. The van der Waals surface area contributed by atoms with Crippen LogP contribution >= 0.6 is 23.2 Å². The Labute approximate surface area is 236 Å². The molecule has 5 rings (SSSR count). The van der Waals surface area contributed by atoms with Gasteiger partial charge in [0.15, 0.2) is 11.5 Å². The molecular weight excluding hydrogens is 565 g/mol. The van der Waals surface area contributed by atoms with Gasteiger partial charge < -0.3 is 20.1 Å². The van der Waals surface area contributed by atoms with E-state index in [-0.39, 0.29) is 27.4 Å². The number of hydrogen-bond donors (Lipinski definition) is 2. The standard InChI is InChI=1S/C27H20Cl2F2N6O3/c1-5-20(38)34-17-8-14(30)7-16(31)24(17)35-27-32-10-13-6-15(26-33-12(2)11-37(26)25(13)36-27)21-22(28)18(39-3)9-19(40-4)23(21)29/h5-11H,1H2,2-4H3,(H,34,38)(H,32,35,36). The largest absolute Gasteiger partial charge is 0.495 e. The number of halogens is 4. The smallest absolute Gasteiger partial charge is 0.247 e. The number of fused-ring (bicyclic) bond motifs is 3. The monoisotopic (exact) mass is 584 g/mol. The first-order valence-corrected chi connectivity index (χ1v) is 12.4. The number of anilines is 3. The Morgan fingerprint density at radius 3 is 2.40 bits per heavy atom. The Morgan fingerprint density at radius 1 is 1.05 bits per heavy atom. The van der Waals surface area contributed by atoms with Gasteiger partial charge in [0, 0.05) is 41.0 Å².